The lowest BCUT2D eigenvalue weighted by Gasteiger charge is -2.36. The Kier molecular flexibility index (Phi) is 4.42. The second-order valence-corrected chi connectivity index (χ2v) is 4.94. The number of rotatable bonds is 4. The Morgan fingerprint density at radius 3 is 2.68 bits per heavy atom. The third-order valence-electron chi connectivity index (χ3n) is 3.46. The van der Waals surface area contributed by atoms with E-state index in [0.717, 1.165) is 12.1 Å². The highest BCUT2D eigenvalue weighted by Gasteiger charge is 2.32. The van der Waals surface area contributed by atoms with Crippen molar-refractivity contribution in [3.05, 3.63) is 40.6 Å². The van der Waals surface area contributed by atoms with Crippen LogP contribution in [0.1, 0.15) is 12.0 Å². The first-order valence-corrected chi connectivity index (χ1v) is 6.27. The first kappa shape index (κ1) is 13.9. The van der Waals surface area contributed by atoms with Gasteiger partial charge in [-0.1, -0.05) is 12.1 Å². The van der Waals surface area contributed by atoms with Crippen LogP contribution in [-0.4, -0.2) is 42.3 Å². The Labute approximate surface area is 110 Å². The number of likely N-dealkylation sites (tertiary alicyclic amines) is 1. The van der Waals surface area contributed by atoms with Crippen LogP contribution in [0.15, 0.2) is 29.6 Å². The van der Waals surface area contributed by atoms with Gasteiger partial charge >= 0.3 is 0 Å². The van der Waals surface area contributed by atoms with E-state index in [1.807, 2.05) is 11.9 Å². The number of alkyl halides is 1. The van der Waals surface area contributed by atoms with Crippen LogP contribution in [0.4, 0.5) is 8.78 Å². The highest BCUT2D eigenvalue weighted by atomic mass is 19.1. The van der Waals surface area contributed by atoms with E-state index in [4.69, 9.17) is 0 Å². The molecule has 1 aliphatic rings. The fourth-order valence-corrected chi connectivity index (χ4v) is 2.36. The number of benzene rings is 1. The van der Waals surface area contributed by atoms with Crippen molar-refractivity contribution in [2.45, 2.75) is 25.2 Å². The normalized spacial score (nSPS) is 24.2. The predicted octanol–water partition coefficient (Wildman–Crippen LogP) is 2.35. The van der Waals surface area contributed by atoms with E-state index >= 15 is 0 Å². The van der Waals surface area contributed by atoms with Gasteiger partial charge in [-0.25, -0.2) is 8.78 Å². The minimum Gasteiger partial charge on any atom is -0.303 e. The number of hydrogen-bond donors (Lipinski definition) is 0. The van der Waals surface area contributed by atoms with E-state index < -0.39 is 12.2 Å². The van der Waals surface area contributed by atoms with Gasteiger partial charge in [-0.05, 0) is 31.2 Å². The van der Waals surface area contributed by atoms with Crippen LogP contribution in [0.2, 0.25) is 0 Å². The molecule has 19 heavy (non-hydrogen) atoms. The summed E-state index contributed by atoms with van der Waals surface area (Å²) < 4.78 is 26.8. The van der Waals surface area contributed by atoms with Gasteiger partial charge in [0.2, 0.25) is 0 Å². The largest absolute Gasteiger partial charge is 0.303 e. The molecule has 1 aromatic rings. The SMILES string of the molecule is CN1CC[C@H](N(Cc2ccc(F)cc2)N=O)[C@H](F)C1. The van der Waals surface area contributed by atoms with Crippen molar-refractivity contribution >= 4 is 0 Å². The van der Waals surface area contributed by atoms with Crippen LogP contribution in [0.25, 0.3) is 0 Å². The Morgan fingerprint density at radius 1 is 1.42 bits per heavy atom. The molecule has 0 aromatic heterocycles. The molecule has 0 radical (unpaired) electrons. The topological polar surface area (TPSA) is 35.9 Å². The zero-order chi connectivity index (χ0) is 13.8. The summed E-state index contributed by atoms with van der Waals surface area (Å²) in [4.78, 5) is 12.8. The second kappa shape index (κ2) is 6.06. The third-order valence-corrected chi connectivity index (χ3v) is 3.46. The number of halogens is 2. The maximum Gasteiger partial charge on any atom is 0.135 e. The lowest BCUT2D eigenvalue weighted by molar-refractivity contribution is 0.0393. The zero-order valence-electron chi connectivity index (χ0n) is 10.8. The summed E-state index contributed by atoms with van der Waals surface area (Å²) in [6, 6.07) is 5.30. The lowest BCUT2D eigenvalue weighted by Crippen LogP contribution is -2.49. The van der Waals surface area contributed by atoms with Crippen molar-refractivity contribution in [2.24, 2.45) is 5.29 Å². The molecule has 1 saturated heterocycles. The molecule has 0 amide bonds. The van der Waals surface area contributed by atoms with E-state index in [2.05, 4.69) is 5.29 Å². The van der Waals surface area contributed by atoms with Crippen molar-refractivity contribution in [1.29, 1.82) is 0 Å². The number of hydrogen-bond acceptors (Lipinski definition) is 3. The Balaban J connectivity index is 2.03. The van der Waals surface area contributed by atoms with Crippen LogP contribution in [-0.2, 0) is 6.54 Å². The molecule has 0 unspecified atom stereocenters. The number of nitroso groups, excluding NO2 is 1. The summed E-state index contributed by atoms with van der Waals surface area (Å²) in [6.45, 7) is 1.25. The van der Waals surface area contributed by atoms with E-state index in [0.29, 0.717) is 13.0 Å². The molecule has 6 heteroatoms. The van der Waals surface area contributed by atoms with Crippen LogP contribution in [0.3, 0.4) is 0 Å². The average molecular weight is 269 g/mol. The van der Waals surface area contributed by atoms with E-state index in [9.17, 15) is 13.7 Å². The summed E-state index contributed by atoms with van der Waals surface area (Å²) in [6.07, 6.45) is -0.540. The number of nitrogens with zero attached hydrogens (tertiary/aromatic N) is 3. The molecule has 0 aliphatic carbocycles. The minimum absolute atomic E-state index is 0.207. The first-order valence-electron chi connectivity index (χ1n) is 6.27. The van der Waals surface area contributed by atoms with Gasteiger partial charge in [0.25, 0.3) is 0 Å². The van der Waals surface area contributed by atoms with Gasteiger partial charge in [0, 0.05) is 13.1 Å². The van der Waals surface area contributed by atoms with Gasteiger partial charge in [0.05, 0.1) is 17.9 Å². The first-order chi connectivity index (χ1) is 9.10. The maximum absolute atomic E-state index is 14.0. The van der Waals surface area contributed by atoms with E-state index in [-0.39, 0.29) is 12.4 Å². The standard InChI is InChI=1S/C13H17F2N3O/c1-17-7-6-13(12(15)9-17)18(16-19)8-10-2-4-11(14)5-3-10/h2-5,12-13H,6-9H2,1H3/t12-,13+/m1/s1. The molecule has 1 heterocycles. The Hall–Kier alpha value is -1.56. The molecule has 2 rings (SSSR count). The molecule has 0 saturated carbocycles. The smallest absolute Gasteiger partial charge is 0.135 e. The van der Waals surface area contributed by atoms with E-state index in [1.54, 1.807) is 12.1 Å². The van der Waals surface area contributed by atoms with Crippen molar-refractivity contribution in [3.63, 3.8) is 0 Å². The molecule has 104 valence electrons. The fraction of sp³-hybridized carbons (Fsp3) is 0.538. The van der Waals surface area contributed by atoms with Crippen LogP contribution < -0.4 is 0 Å². The highest BCUT2D eigenvalue weighted by Crippen LogP contribution is 2.21. The predicted molar refractivity (Wildman–Crippen MR) is 68.5 cm³/mol. The summed E-state index contributed by atoms with van der Waals surface area (Å²) >= 11 is 0. The molecule has 1 aliphatic heterocycles. The quantitative estimate of drug-likeness (QED) is 0.622. The van der Waals surface area contributed by atoms with Crippen molar-refractivity contribution in [2.75, 3.05) is 20.1 Å². The molecule has 1 aromatic carbocycles. The fourth-order valence-electron chi connectivity index (χ4n) is 2.36. The summed E-state index contributed by atoms with van der Waals surface area (Å²) in [5.74, 6) is -0.336. The Morgan fingerprint density at radius 2 is 2.11 bits per heavy atom. The molecule has 2 atom stereocenters. The Bertz CT molecular complexity index is 426. The molecule has 0 N–H and O–H groups in total. The van der Waals surface area contributed by atoms with Gasteiger partial charge in [0.15, 0.2) is 0 Å². The molecule has 1 fully saturated rings. The van der Waals surface area contributed by atoms with Crippen LogP contribution >= 0.6 is 0 Å². The van der Waals surface area contributed by atoms with Crippen LogP contribution in [0, 0.1) is 10.7 Å². The van der Waals surface area contributed by atoms with Gasteiger partial charge < -0.3 is 4.90 Å². The zero-order valence-corrected chi connectivity index (χ0v) is 10.8. The van der Waals surface area contributed by atoms with Crippen LogP contribution in [0.5, 0.6) is 0 Å². The molecule has 0 bridgehead atoms. The van der Waals surface area contributed by atoms with Gasteiger partial charge in [-0.3, -0.25) is 5.01 Å². The monoisotopic (exact) mass is 269 g/mol. The average Bonchev–Trinajstić information content (AvgIpc) is 2.39. The van der Waals surface area contributed by atoms with Gasteiger partial charge in [-0.2, -0.15) is 0 Å². The molecule has 4 nitrogen and oxygen atoms in total. The van der Waals surface area contributed by atoms with E-state index in [1.165, 1.54) is 17.1 Å². The molecule has 0 spiro atoms. The molecular weight excluding hydrogens is 252 g/mol. The van der Waals surface area contributed by atoms with Gasteiger partial charge in [0.1, 0.15) is 12.0 Å². The van der Waals surface area contributed by atoms with Crippen molar-refractivity contribution in [1.82, 2.24) is 9.91 Å². The molecular formula is C13H17F2N3O. The maximum atomic E-state index is 14.0. The van der Waals surface area contributed by atoms with Crippen molar-refractivity contribution in [3.8, 4) is 0 Å². The third kappa shape index (κ3) is 3.47. The summed E-state index contributed by atoms with van der Waals surface area (Å²) in [5, 5.41) is 4.16. The van der Waals surface area contributed by atoms with Gasteiger partial charge in [-0.15, -0.1) is 4.91 Å². The second-order valence-electron chi connectivity index (χ2n) is 4.94. The lowest BCUT2D eigenvalue weighted by atomic mass is 10.0. The highest BCUT2D eigenvalue weighted by molar-refractivity contribution is 5.16. The summed E-state index contributed by atoms with van der Waals surface area (Å²) in [7, 11) is 1.85. The van der Waals surface area contributed by atoms with Crippen molar-refractivity contribution < 1.29 is 8.78 Å². The summed E-state index contributed by atoms with van der Waals surface area (Å²) in [5.41, 5.74) is 0.743. The number of piperidine rings is 1. The minimum atomic E-state index is -1.10.